The van der Waals surface area contributed by atoms with Crippen molar-refractivity contribution in [1.82, 2.24) is 10.6 Å². The van der Waals surface area contributed by atoms with E-state index >= 15 is 0 Å². The Balaban J connectivity index is 1.60. The van der Waals surface area contributed by atoms with Gasteiger partial charge >= 0.3 is 6.03 Å². The maximum atomic E-state index is 13.3. The van der Waals surface area contributed by atoms with Crippen LogP contribution in [0.2, 0.25) is 0 Å². The van der Waals surface area contributed by atoms with Gasteiger partial charge in [0, 0.05) is 5.56 Å². The van der Waals surface area contributed by atoms with Gasteiger partial charge in [-0.1, -0.05) is 6.07 Å². The standard InChI is InChI=1S/C19H23FN2O3/c1-11-8-16(12(2)25-11)19(3,24)10-21-18(23)22-17-7-4-13-9-14(20)5-6-15(13)17/h5-6,8-9,17,24H,4,7,10H2,1-3H3,(H2,21,22,23). The molecule has 25 heavy (non-hydrogen) atoms. The largest absolute Gasteiger partial charge is 0.466 e. The molecule has 134 valence electrons. The zero-order valence-electron chi connectivity index (χ0n) is 14.6. The number of furan rings is 1. The number of carbonyl (C=O) groups is 1. The van der Waals surface area contributed by atoms with Gasteiger partial charge < -0.3 is 20.2 Å². The molecule has 0 aliphatic heterocycles. The SMILES string of the molecule is Cc1cc(C(C)(O)CNC(=O)NC2CCc3cc(F)ccc32)c(C)o1. The summed E-state index contributed by atoms with van der Waals surface area (Å²) in [5, 5.41) is 16.2. The minimum atomic E-state index is -1.23. The normalized spacial score (nSPS) is 18.5. The Morgan fingerprint density at radius 3 is 2.84 bits per heavy atom. The van der Waals surface area contributed by atoms with Gasteiger partial charge in [-0.15, -0.1) is 0 Å². The molecule has 0 saturated carbocycles. The third-order valence-corrected chi connectivity index (χ3v) is 4.70. The fourth-order valence-electron chi connectivity index (χ4n) is 3.46. The summed E-state index contributed by atoms with van der Waals surface area (Å²) in [5.41, 5.74) is 1.31. The second-order valence-corrected chi connectivity index (χ2v) is 6.86. The summed E-state index contributed by atoms with van der Waals surface area (Å²) in [5.74, 6) is 1.09. The number of rotatable bonds is 4. The molecule has 0 spiro atoms. The average molecular weight is 346 g/mol. The van der Waals surface area contributed by atoms with Crippen molar-refractivity contribution in [3.63, 3.8) is 0 Å². The second kappa shape index (κ2) is 6.52. The van der Waals surface area contributed by atoms with E-state index in [9.17, 15) is 14.3 Å². The van der Waals surface area contributed by atoms with E-state index in [0.717, 1.165) is 24.0 Å². The van der Waals surface area contributed by atoms with Crippen molar-refractivity contribution in [2.24, 2.45) is 0 Å². The molecule has 1 heterocycles. The van der Waals surface area contributed by atoms with Gasteiger partial charge in [-0.2, -0.15) is 0 Å². The molecule has 2 amide bonds. The van der Waals surface area contributed by atoms with Crippen molar-refractivity contribution in [3.8, 4) is 0 Å². The molecule has 1 aliphatic carbocycles. The predicted molar refractivity (Wildman–Crippen MR) is 91.7 cm³/mol. The number of hydrogen-bond acceptors (Lipinski definition) is 3. The first-order valence-corrected chi connectivity index (χ1v) is 8.39. The van der Waals surface area contributed by atoms with Crippen LogP contribution in [0.25, 0.3) is 0 Å². The molecule has 3 rings (SSSR count). The number of urea groups is 1. The third kappa shape index (κ3) is 3.69. The second-order valence-electron chi connectivity index (χ2n) is 6.86. The molecule has 0 saturated heterocycles. The molecule has 1 aromatic carbocycles. The van der Waals surface area contributed by atoms with Gasteiger partial charge in [0.2, 0.25) is 0 Å². The number of fused-ring (bicyclic) bond motifs is 1. The zero-order chi connectivity index (χ0) is 18.2. The van der Waals surface area contributed by atoms with Gasteiger partial charge in [0.15, 0.2) is 0 Å². The highest BCUT2D eigenvalue weighted by Gasteiger charge is 2.29. The Morgan fingerprint density at radius 2 is 2.16 bits per heavy atom. The number of hydrogen-bond donors (Lipinski definition) is 3. The van der Waals surface area contributed by atoms with E-state index in [2.05, 4.69) is 10.6 Å². The number of benzene rings is 1. The Bertz CT molecular complexity index is 798. The molecule has 2 unspecified atom stereocenters. The fourth-order valence-corrected chi connectivity index (χ4v) is 3.46. The lowest BCUT2D eigenvalue weighted by Gasteiger charge is -2.24. The molecular weight excluding hydrogens is 323 g/mol. The topological polar surface area (TPSA) is 74.5 Å². The van der Waals surface area contributed by atoms with Crippen LogP contribution in [0.5, 0.6) is 0 Å². The summed E-state index contributed by atoms with van der Waals surface area (Å²) in [7, 11) is 0. The summed E-state index contributed by atoms with van der Waals surface area (Å²) >= 11 is 0. The van der Waals surface area contributed by atoms with E-state index < -0.39 is 5.60 Å². The number of aryl methyl sites for hydroxylation is 3. The highest BCUT2D eigenvalue weighted by Crippen LogP contribution is 2.31. The van der Waals surface area contributed by atoms with Gasteiger partial charge in [0.1, 0.15) is 22.9 Å². The van der Waals surface area contributed by atoms with Crippen LogP contribution < -0.4 is 10.6 Å². The summed E-state index contributed by atoms with van der Waals surface area (Å²) in [6.45, 7) is 5.29. The zero-order valence-corrected chi connectivity index (χ0v) is 14.6. The van der Waals surface area contributed by atoms with Crippen molar-refractivity contribution in [2.75, 3.05) is 6.54 Å². The maximum absolute atomic E-state index is 13.3. The van der Waals surface area contributed by atoms with Crippen molar-refractivity contribution < 1.29 is 18.7 Å². The van der Waals surface area contributed by atoms with Crippen molar-refractivity contribution >= 4 is 6.03 Å². The van der Waals surface area contributed by atoms with Crippen molar-refractivity contribution in [1.29, 1.82) is 0 Å². The van der Waals surface area contributed by atoms with Crippen LogP contribution in [0.4, 0.5) is 9.18 Å². The van der Waals surface area contributed by atoms with Crippen molar-refractivity contribution in [3.05, 3.63) is 58.3 Å². The minimum Gasteiger partial charge on any atom is -0.466 e. The van der Waals surface area contributed by atoms with Crippen molar-refractivity contribution in [2.45, 2.75) is 45.3 Å². The smallest absolute Gasteiger partial charge is 0.315 e. The van der Waals surface area contributed by atoms with Gasteiger partial charge in [-0.05, 0) is 62.9 Å². The number of aliphatic hydroxyl groups is 1. The van der Waals surface area contributed by atoms with E-state index in [-0.39, 0.29) is 24.4 Å². The molecule has 2 aromatic rings. The predicted octanol–water partition coefficient (Wildman–Crippen LogP) is 3.23. The van der Waals surface area contributed by atoms with Crippen LogP contribution in [-0.4, -0.2) is 17.7 Å². The molecule has 2 atom stereocenters. The van der Waals surface area contributed by atoms with Crippen LogP contribution in [-0.2, 0) is 12.0 Å². The molecule has 1 aliphatic rings. The molecular formula is C19H23FN2O3. The molecule has 1 aromatic heterocycles. The highest BCUT2D eigenvalue weighted by molar-refractivity contribution is 5.74. The Morgan fingerprint density at radius 1 is 1.40 bits per heavy atom. The minimum absolute atomic E-state index is 0.0572. The Labute approximate surface area is 146 Å². The van der Waals surface area contributed by atoms with E-state index in [4.69, 9.17) is 4.42 Å². The summed E-state index contributed by atoms with van der Waals surface area (Å²) in [6.07, 6.45) is 1.48. The number of carbonyl (C=O) groups excluding carboxylic acids is 1. The molecule has 0 radical (unpaired) electrons. The van der Waals surface area contributed by atoms with Gasteiger partial charge in [-0.25, -0.2) is 9.18 Å². The lowest BCUT2D eigenvalue weighted by atomic mass is 9.96. The summed E-state index contributed by atoms with van der Waals surface area (Å²) < 4.78 is 18.7. The molecule has 3 N–H and O–H groups in total. The van der Waals surface area contributed by atoms with E-state index in [1.807, 2.05) is 6.92 Å². The molecule has 0 fully saturated rings. The summed E-state index contributed by atoms with van der Waals surface area (Å²) in [4.78, 5) is 12.2. The first-order valence-electron chi connectivity index (χ1n) is 8.39. The first kappa shape index (κ1) is 17.5. The van der Waals surface area contributed by atoms with Gasteiger partial charge in [0.25, 0.3) is 0 Å². The highest BCUT2D eigenvalue weighted by atomic mass is 19.1. The van der Waals surface area contributed by atoms with Gasteiger partial charge in [-0.3, -0.25) is 0 Å². The Hall–Kier alpha value is -2.34. The maximum Gasteiger partial charge on any atom is 0.315 e. The average Bonchev–Trinajstić information content (AvgIpc) is 3.08. The lowest BCUT2D eigenvalue weighted by molar-refractivity contribution is 0.0577. The molecule has 0 bridgehead atoms. The number of amides is 2. The van der Waals surface area contributed by atoms with E-state index in [0.29, 0.717) is 17.1 Å². The van der Waals surface area contributed by atoms with Crippen LogP contribution in [0.1, 0.15) is 47.6 Å². The van der Waals surface area contributed by atoms with E-state index in [1.165, 1.54) is 12.1 Å². The summed E-state index contributed by atoms with van der Waals surface area (Å²) in [6, 6.07) is 5.92. The molecule has 5 nitrogen and oxygen atoms in total. The quantitative estimate of drug-likeness (QED) is 0.796. The Kier molecular flexibility index (Phi) is 4.56. The van der Waals surface area contributed by atoms with Crippen LogP contribution in [0.3, 0.4) is 0 Å². The monoisotopic (exact) mass is 346 g/mol. The fraction of sp³-hybridized carbons (Fsp3) is 0.421. The third-order valence-electron chi connectivity index (χ3n) is 4.70. The van der Waals surface area contributed by atoms with Crippen LogP contribution >= 0.6 is 0 Å². The van der Waals surface area contributed by atoms with Crippen LogP contribution in [0, 0.1) is 19.7 Å². The lowest BCUT2D eigenvalue weighted by Crippen LogP contribution is -2.44. The van der Waals surface area contributed by atoms with E-state index in [1.54, 1.807) is 26.0 Å². The number of halogens is 1. The first-order chi connectivity index (χ1) is 11.8. The number of nitrogens with one attached hydrogen (secondary N) is 2. The van der Waals surface area contributed by atoms with Gasteiger partial charge in [0.05, 0.1) is 12.6 Å². The van der Waals surface area contributed by atoms with Crippen LogP contribution in [0.15, 0.2) is 28.7 Å². The molecule has 6 heteroatoms.